The van der Waals surface area contributed by atoms with Crippen LogP contribution in [0.3, 0.4) is 0 Å². The van der Waals surface area contributed by atoms with Crippen molar-refractivity contribution in [2.75, 3.05) is 13.2 Å². The fourth-order valence-electron chi connectivity index (χ4n) is 9.21. The monoisotopic (exact) mass is 986 g/mol. The Hall–Kier alpha value is -2.11. The molecule has 9 heteroatoms. The van der Waals surface area contributed by atoms with Crippen LogP contribution in [0.25, 0.3) is 0 Å². The molecule has 9 nitrogen and oxygen atoms in total. The van der Waals surface area contributed by atoms with Gasteiger partial charge in [0.2, 0.25) is 5.91 Å². The molecular weight excluding hydrogens is 875 g/mol. The quantitative estimate of drug-likeness (QED) is 0.0261. The Morgan fingerprint density at radius 2 is 0.886 bits per heavy atom. The van der Waals surface area contributed by atoms with Crippen LogP contribution in [0.4, 0.5) is 0 Å². The van der Waals surface area contributed by atoms with Crippen molar-refractivity contribution < 1.29 is 39.8 Å². The molecule has 408 valence electrons. The fourth-order valence-corrected chi connectivity index (χ4v) is 9.21. The van der Waals surface area contributed by atoms with Crippen molar-refractivity contribution in [1.29, 1.82) is 0 Å². The lowest BCUT2D eigenvalue weighted by Crippen LogP contribution is -2.60. The van der Waals surface area contributed by atoms with Crippen molar-refractivity contribution in [3.05, 3.63) is 60.8 Å². The number of carbonyl (C=O) groups excluding carboxylic acids is 1. The Bertz CT molecular complexity index is 1280. The second-order valence-electron chi connectivity index (χ2n) is 20.4. The number of allylic oxidation sites excluding steroid dienone is 9. The molecule has 0 aromatic rings. The molecule has 7 unspecified atom stereocenters. The predicted molar refractivity (Wildman–Crippen MR) is 295 cm³/mol. The van der Waals surface area contributed by atoms with E-state index in [9.17, 15) is 30.3 Å². The SMILES string of the molecule is CC/C=C\C/C=C\C/C=C\C/C=C\CCCCCCCCCCCCCCCCCCC(=O)NC(COC1OC(CO)C(O)C(O)C1O)C(O)/C=C/CCCCCCCCCCCCCCCCCC. The zero-order chi connectivity index (χ0) is 50.8. The predicted octanol–water partition coefficient (Wildman–Crippen LogP) is 14.7. The summed E-state index contributed by atoms with van der Waals surface area (Å²) in [4.78, 5) is 13.1. The molecule has 1 aliphatic rings. The Morgan fingerprint density at radius 1 is 0.500 bits per heavy atom. The van der Waals surface area contributed by atoms with Crippen LogP contribution in [0.2, 0.25) is 0 Å². The van der Waals surface area contributed by atoms with Crippen LogP contribution < -0.4 is 5.32 Å². The fraction of sp³-hybridized carbons (Fsp3) is 0.820. The van der Waals surface area contributed by atoms with E-state index < -0.39 is 49.5 Å². The number of unbranched alkanes of at least 4 members (excludes halogenated alkanes) is 32. The highest BCUT2D eigenvalue weighted by Gasteiger charge is 2.44. The number of aliphatic hydroxyl groups excluding tert-OH is 5. The summed E-state index contributed by atoms with van der Waals surface area (Å²) in [7, 11) is 0. The number of ether oxygens (including phenoxy) is 2. The van der Waals surface area contributed by atoms with Gasteiger partial charge in [-0.2, -0.15) is 0 Å². The van der Waals surface area contributed by atoms with Crippen LogP contribution in [0.5, 0.6) is 0 Å². The first-order valence-corrected chi connectivity index (χ1v) is 29.5. The smallest absolute Gasteiger partial charge is 0.220 e. The highest BCUT2D eigenvalue weighted by Crippen LogP contribution is 2.23. The first kappa shape index (κ1) is 65.9. The molecule has 1 heterocycles. The first-order valence-electron chi connectivity index (χ1n) is 29.5. The van der Waals surface area contributed by atoms with Gasteiger partial charge in [-0.3, -0.25) is 4.79 Å². The lowest BCUT2D eigenvalue weighted by atomic mass is 9.99. The summed E-state index contributed by atoms with van der Waals surface area (Å²) in [6.07, 6.45) is 61.4. The largest absolute Gasteiger partial charge is 0.394 e. The van der Waals surface area contributed by atoms with E-state index in [1.54, 1.807) is 6.08 Å². The molecule has 1 fully saturated rings. The Morgan fingerprint density at radius 3 is 1.31 bits per heavy atom. The molecule has 0 aromatic carbocycles. The molecule has 6 N–H and O–H groups in total. The molecule has 0 radical (unpaired) electrons. The van der Waals surface area contributed by atoms with Gasteiger partial charge in [-0.15, -0.1) is 0 Å². The van der Waals surface area contributed by atoms with Crippen molar-refractivity contribution in [2.24, 2.45) is 0 Å². The summed E-state index contributed by atoms with van der Waals surface area (Å²) in [5, 5.41) is 54.5. The van der Waals surface area contributed by atoms with Crippen molar-refractivity contribution in [2.45, 2.75) is 307 Å². The Balaban J connectivity index is 2.18. The molecule has 1 aliphatic heterocycles. The zero-order valence-electron chi connectivity index (χ0n) is 45.3. The average Bonchev–Trinajstić information content (AvgIpc) is 3.36. The summed E-state index contributed by atoms with van der Waals surface area (Å²) in [6.45, 7) is 3.69. The maximum absolute atomic E-state index is 13.1. The molecule has 70 heavy (non-hydrogen) atoms. The summed E-state index contributed by atoms with van der Waals surface area (Å²) < 4.78 is 11.3. The van der Waals surface area contributed by atoms with Gasteiger partial charge in [0.15, 0.2) is 6.29 Å². The van der Waals surface area contributed by atoms with E-state index in [0.29, 0.717) is 6.42 Å². The van der Waals surface area contributed by atoms with Crippen molar-refractivity contribution in [1.82, 2.24) is 5.32 Å². The number of rotatable bonds is 50. The van der Waals surface area contributed by atoms with Gasteiger partial charge >= 0.3 is 0 Å². The molecule has 0 aliphatic carbocycles. The van der Waals surface area contributed by atoms with Crippen LogP contribution in [0, 0.1) is 0 Å². The highest BCUT2D eigenvalue weighted by atomic mass is 16.7. The third-order valence-corrected chi connectivity index (χ3v) is 13.8. The number of hydrogen-bond donors (Lipinski definition) is 6. The maximum Gasteiger partial charge on any atom is 0.220 e. The van der Waals surface area contributed by atoms with Gasteiger partial charge < -0.3 is 40.3 Å². The molecule has 1 amide bonds. The summed E-state index contributed by atoms with van der Waals surface area (Å²) >= 11 is 0. The van der Waals surface area contributed by atoms with Gasteiger partial charge in [-0.25, -0.2) is 0 Å². The van der Waals surface area contributed by atoms with Crippen LogP contribution in [-0.4, -0.2) is 87.5 Å². The van der Waals surface area contributed by atoms with E-state index in [2.05, 4.69) is 67.8 Å². The van der Waals surface area contributed by atoms with Crippen molar-refractivity contribution in [3.63, 3.8) is 0 Å². The summed E-state index contributed by atoms with van der Waals surface area (Å²) in [5.41, 5.74) is 0. The van der Waals surface area contributed by atoms with E-state index >= 15 is 0 Å². The van der Waals surface area contributed by atoms with Gasteiger partial charge in [0, 0.05) is 6.42 Å². The van der Waals surface area contributed by atoms with Crippen LogP contribution in [-0.2, 0) is 14.3 Å². The minimum atomic E-state index is -1.57. The van der Waals surface area contributed by atoms with E-state index in [-0.39, 0.29) is 12.5 Å². The van der Waals surface area contributed by atoms with Crippen molar-refractivity contribution in [3.8, 4) is 0 Å². The number of hydrogen-bond acceptors (Lipinski definition) is 8. The van der Waals surface area contributed by atoms with Crippen LogP contribution >= 0.6 is 0 Å². The number of aliphatic hydroxyl groups is 5. The average molecular weight is 987 g/mol. The van der Waals surface area contributed by atoms with Gasteiger partial charge in [0.25, 0.3) is 0 Å². The van der Waals surface area contributed by atoms with Crippen molar-refractivity contribution >= 4 is 5.91 Å². The second-order valence-corrected chi connectivity index (χ2v) is 20.4. The highest BCUT2D eigenvalue weighted by molar-refractivity contribution is 5.76. The second kappa shape index (κ2) is 50.4. The molecule has 0 spiro atoms. The Kier molecular flexibility index (Phi) is 47.5. The molecule has 7 atom stereocenters. The molecule has 1 saturated heterocycles. The van der Waals surface area contributed by atoms with Gasteiger partial charge in [-0.05, 0) is 57.8 Å². The number of nitrogens with one attached hydrogen (secondary N) is 1. The van der Waals surface area contributed by atoms with Gasteiger partial charge in [0.05, 0.1) is 25.4 Å². The van der Waals surface area contributed by atoms with Gasteiger partial charge in [0.1, 0.15) is 24.4 Å². The van der Waals surface area contributed by atoms with E-state index in [1.165, 1.54) is 180 Å². The lowest BCUT2D eigenvalue weighted by Gasteiger charge is -2.40. The molecule has 1 rings (SSSR count). The van der Waals surface area contributed by atoms with Crippen LogP contribution in [0.15, 0.2) is 60.8 Å². The standard InChI is InChI=1S/C61H111NO8/c1-3-5-7-9-11-13-15-17-19-21-23-24-25-26-27-28-29-30-31-32-33-35-37-39-41-43-45-47-49-51-57(65)62-54(53-69-61-60(68)59(67)58(66)56(52-63)70-61)55(64)50-48-46-44-42-40-38-36-34-22-20-18-16-14-12-10-8-6-4-2/h5,7,11,13,17,19,23-24,48,50,54-56,58-61,63-64,66-68H,3-4,6,8-10,12,14-16,18,20-22,25-47,49,51-53H2,1-2H3,(H,62,65)/b7-5-,13-11-,19-17-,24-23-,50-48+. The topological polar surface area (TPSA) is 149 Å². The third kappa shape index (κ3) is 39.4. The van der Waals surface area contributed by atoms with Crippen LogP contribution in [0.1, 0.15) is 264 Å². The summed E-state index contributed by atoms with van der Waals surface area (Å²) in [5.74, 6) is -0.176. The normalized spacial score (nSPS) is 19.8. The first-order chi connectivity index (χ1) is 34.3. The molecule has 0 saturated carbocycles. The summed E-state index contributed by atoms with van der Waals surface area (Å²) in [6, 6.07) is -0.806. The van der Waals surface area contributed by atoms with E-state index in [1.807, 2.05) is 6.08 Å². The van der Waals surface area contributed by atoms with Gasteiger partial charge in [-0.1, -0.05) is 261 Å². The van der Waals surface area contributed by atoms with E-state index in [0.717, 1.165) is 64.2 Å². The number of amides is 1. The number of carbonyl (C=O) groups is 1. The molecule has 0 aromatic heterocycles. The molecule has 0 bridgehead atoms. The maximum atomic E-state index is 13.1. The minimum Gasteiger partial charge on any atom is -0.394 e. The molecular formula is C61H111NO8. The Labute approximate surface area is 430 Å². The minimum absolute atomic E-state index is 0.176. The van der Waals surface area contributed by atoms with E-state index in [4.69, 9.17) is 9.47 Å². The third-order valence-electron chi connectivity index (χ3n) is 13.8. The zero-order valence-corrected chi connectivity index (χ0v) is 45.3. The lowest BCUT2D eigenvalue weighted by molar-refractivity contribution is -0.302.